The van der Waals surface area contributed by atoms with Crippen molar-refractivity contribution in [3.8, 4) is 0 Å². The van der Waals surface area contributed by atoms with Gasteiger partial charge >= 0.3 is 11.9 Å². The number of hydrogen-bond donors (Lipinski definition) is 0. The van der Waals surface area contributed by atoms with E-state index in [-0.39, 0.29) is 44.9 Å². The summed E-state index contributed by atoms with van der Waals surface area (Å²) in [6.45, 7) is 10.3. The highest BCUT2D eigenvalue weighted by atomic mass is 16.5. The largest absolute Gasteiger partial charge is 0.465 e. The molecule has 0 aliphatic carbocycles. The Morgan fingerprint density at radius 3 is 1.38 bits per heavy atom. The van der Waals surface area contributed by atoms with E-state index in [9.17, 15) is 24.0 Å². The number of methoxy groups -OCH3 is 2. The molecule has 0 saturated heterocycles. The highest BCUT2D eigenvalue weighted by Gasteiger charge is 2.30. The number of ether oxygens (including phenoxy) is 2. The van der Waals surface area contributed by atoms with E-state index < -0.39 is 28.6 Å². The average Bonchev–Trinajstić information content (AvgIpc) is 2.79. The van der Waals surface area contributed by atoms with Crippen LogP contribution in [0.1, 0.15) is 98.9 Å². The van der Waals surface area contributed by atoms with Gasteiger partial charge in [0.15, 0.2) is 17.3 Å². The van der Waals surface area contributed by atoms with Gasteiger partial charge in [-0.05, 0) is 24.3 Å². The molecule has 0 unspecified atom stereocenters. The first kappa shape index (κ1) is 26.6. The monoisotopic (exact) mass is 466 g/mol. The van der Waals surface area contributed by atoms with E-state index in [0.29, 0.717) is 0 Å². The minimum atomic E-state index is -0.808. The molecule has 0 heterocycles. The van der Waals surface area contributed by atoms with Crippen molar-refractivity contribution in [2.45, 2.75) is 41.5 Å². The Bertz CT molecular complexity index is 1170. The number of carbonyl (C=O) groups excluding carboxylic acids is 5. The third-order valence-electron chi connectivity index (χ3n) is 5.23. The van der Waals surface area contributed by atoms with Crippen LogP contribution in [-0.4, -0.2) is 43.5 Å². The van der Waals surface area contributed by atoms with Crippen molar-refractivity contribution in [3.63, 3.8) is 0 Å². The Morgan fingerprint density at radius 2 is 0.941 bits per heavy atom. The van der Waals surface area contributed by atoms with E-state index in [0.717, 1.165) is 0 Å². The van der Waals surface area contributed by atoms with Gasteiger partial charge in [-0.2, -0.15) is 0 Å². The zero-order chi connectivity index (χ0) is 26.0. The van der Waals surface area contributed by atoms with Gasteiger partial charge in [-0.25, -0.2) is 9.59 Å². The lowest BCUT2D eigenvalue weighted by Crippen LogP contribution is -2.24. The van der Waals surface area contributed by atoms with Gasteiger partial charge in [0.1, 0.15) is 0 Å². The average molecular weight is 467 g/mol. The number of rotatable bonds is 6. The third kappa shape index (κ3) is 5.47. The first-order valence-corrected chi connectivity index (χ1v) is 10.7. The maximum Gasteiger partial charge on any atom is 0.338 e. The predicted molar refractivity (Wildman–Crippen MR) is 127 cm³/mol. The summed E-state index contributed by atoms with van der Waals surface area (Å²) < 4.78 is 9.61. The minimum Gasteiger partial charge on any atom is -0.465 e. The molecule has 0 aliphatic rings. The maximum absolute atomic E-state index is 13.3. The molecule has 0 aromatic heterocycles. The molecule has 2 rings (SSSR count). The summed E-state index contributed by atoms with van der Waals surface area (Å²) in [5.74, 6) is -2.52. The summed E-state index contributed by atoms with van der Waals surface area (Å²) in [4.78, 5) is 63.7. The summed E-state index contributed by atoms with van der Waals surface area (Å²) in [6, 6.07) is 8.34. The number of Topliss-reactive ketones (excluding diaryl/α,β-unsaturated/α-hetero) is 2. The fraction of sp³-hybridized carbons (Fsp3) is 0.370. The second kappa shape index (κ2) is 9.71. The molecule has 180 valence electrons. The van der Waals surface area contributed by atoms with Crippen LogP contribution in [0.4, 0.5) is 0 Å². The van der Waals surface area contributed by atoms with Crippen LogP contribution in [0.2, 0.25) is 0 Å². The molecule has 7 nitrogen and oxygen atoms in total. The lowest BCUT2D eigenvalue weighted by Gasteiger charge is -2.20. The van der Waals surface area contributed by atoms with Gasteiger partial charge in [-0.3, -0.25) is 14.4 Å². The fourth-order valence-electron chi connectivity index (χ4n) is 3.30. The lowest BCUT2D eigenvalue weighted by atomic mass is 9.82. The number of carbonyl (C=O) groups is 5. The van der Waals surface area contributed by atoms with Gasteiger partial charge in [0, 0.05) is 33.1 Å². The van der Waals surface area contributed by atoms with Crippen molar-refractivity contribution in [1.82, 2.24) is 0 Å². The van der Waals surface area contributed by atoms with Crippen molar-refractivity contribution < 1.29 is 33.4 Å². The molecule has 0 fully saturated rings. The Morgan fingerprint density at radius 1 is 0.559 bits per heavy atom. The molecule has 2 aromatic carbocycles. The summed E-state index contributed by atoms with van der Waals surface area (Å²) >= 11 is 0. The van der Waals surface area contributed by atoms with Crippen LogP contribution in [0.5, 0.6) is 0 Å². The van der Waals surface area contributed by atoms with Gasteiger partial charge in [-0.1, -0.05) is 53.7 Å². The second-order valence-electron chi connectivity index (χ2n) is 9.99. The maximum atomic E-state index is 13.3. The summed E-state index contributed by atoms with van der Waals surface area (Å²) in [6.07, 6.45) is 0. The topological polar surface area (TPSA) is 104 Å². The molecule has 0 amide bonds. The highest BCUT2D eigenvalue weighted by Crippen LogP contribution is 2.28. The Balaban J connectivity index is 2.65. The van der Waals surface area contributed by atoms with E-state index >= 15 is 0 Å². The van der Waals surface area contributed by atoms with Gasteiger partial charge in [0.2, 0.25) is 0 Å². The standard InChI is InChI=1S/C27H30O7/c1-26(2,3)22(29)17-11-9-16(14-20(17)25(32)34-8)21(28)15-10-12-18(24(31)33-7)19(13-15)23(30)27(4,5)6/h9-14H,1-8H3. The minimum absolute atomic E-state index is 0.0227. The normalized spacial score (nSPS) is 11.5. The molecule has 0 bridgehead atoms. The SMILES string of the molecule is COC(=O)c1cc(C(=O)c2ccc(C(=O)OC)c(C(=O)C(C)(C)C)c2)ccc1C(=O)C(C)(C)C. The molecule has 0 N–H and O–H groups in total. The van der Waals surface area contributed by atoms with Crippen LogP contribution in [-0.2, 0) is 9.47 Å². The van der Waals surface area contributed by atoms with Crippen LogP contribution in [0.25, 0.3) is 0 Å². The highest BCUT2D eigenvalue weighted by molar-refractivity contribution is 6.15. The van der Waals surface area contributed by atoms with E-state index in [1.165, 1.54) is 50.6 Å². The number of hydrogen-bond acceptors (Lipinski definition) is 7. The molecule has 0 atom stereocenters. The number of esters is 2. The molecular weight excluding hydrogens is 436 g/mol. The zero-order valence-electron chi connectivity index (χ0n) is 20.8. The van der Waals surface area contributed by atoms with Gasteiger partial charge < -0.3 is 9.47 Å². The molecule has 34 heavy (non-hydrogen) atoms. The van der Waals surface area contributed by atoms with Crippen LogP contribution >= 0.6 is 0 Å². The Hall–Kier alpha value is -3.61. The summed E-state index contributed by atoms with van der Waals surface area (Å²) in [5, 5.41) is 0. The molecule has 0 saturated carbocycles. The molecule has 7 heteroatoms. The van der Waals surface area contributed by atoms with Crippen LogP contribution < -0.4 is 0 Å². The quantitative estimate of drug-likeness (QED) is 0.438. The van der Waals surface area contributed by atoms with Crippen molar-refractivity contribution in [1.29, 1.82) is 0 Å². The van der Waals surface area contributed by atoms with E-state index in [1.807, 2.05) is 0 Å². The number of ketones is 3. The van der Waals surface area contributed by atoms with Gasteiger partial charge in [0.25, 0.3) is 0 Å². The van der Waals surface area contributed by atoms with Crippen molar-refractivity contribution >= 4 is 29.3 Å². The molecular formula is C27H30O7. The lowest BCUT2D eigenvalue weighted by molar-refractivity contribution is 0.0587. The smallest absolute Gasteiger partial charge is 0.338 e. The molecule has 0 aliphatic heterocycles. The van der Waals surface area contributed by atoms with E-state index in [2.05, 4.69) is 0 Å². The molecule has 0 radical (unpaired) electrons. The summed E-state index contributed by atoms with van der Waals surface area (Å²) in [7, 11) is 2.40. The summed E-state index contributed by atoms with van der Waals surface area (Å²) in [5.41, 5.74) is -1.03. The zero-order valence-corrected chi connectivity index (χ0v) is 20.8. The van der Waals surface area contributed by atoms with Gasteiger partial charge in [0.05, 0.1) is 25.3 Å². The Labute approximate surface area is 199 Å². The first-order valence-electron chi connectivity index (χ1n) is 10.7. The van der Waals surface area contributed by atoms with Crippen molar-refractivity contribution in [3.05, 3.63) is 69.8 Å². The Kier molecular flexibility index (Phi) is 7.61. The van der Waals surface area contributed by atoms with E-state index in [1.54, 1.807) is 41.5 Å². The first-order chi connectivity index (χ1) is 15.6. The van der Waals surface area contributed by atoms with Crippen LogP contribution in [0.3, 0.4) is 0 Å². The van der Waals surface area contributed by atoms with Crippen LogP contribution in [0.15, 0.2) is 36.4 Å². The van der Waals surface area contributed by atoms with Gasteiger partial charge in [-0.15, -0.1) is 0 Å². The van der Waals surface area contributed by atoms with E-state index in [4.69, 9.17) is 9.47 Å². The number of benzene rings is 2. The van der Waals surface area contributed by atoms with Crippen molar-refractivity contribution in [2.24, 2.45) is 10.8 Å². The van der Waals surface area contributed by atoms with Crippen LogP contribution in [0, 0.1) is 10.8 Å². The predicted octanol–water partition coefficient (Wildman–Crippen LogP) is 4.95. The molecule has 0 spiro atoms. The third-order valence-corrected chi connectivity index (χ3v) is 5.23. The molecule has 2 aromatic rings. The van der Waals surface area contributed by atoms with Crippen molar-refractivity contribution in [2.75, 3.05) is 14.2 Å². The second-order valence-corrected chi connectivity index (χ2v) is 9.99. The fourth-order valence-corrected chi connectivity index (χ4v) is 3.30.